The topological polar surface area (TPSA) is 73.3 Å². The highest BCUT2D eigenvalue weighted by Gasteiger charge is 2.19. The molecule has 0 saturated heterocycles. The zero-order valence-corrected chi connectivity index (χ0v) is 13.5. The second-order valence-electron chi connectivity index (χ2n) is 5.34. The molecule has 0 spiro atoms. The lowest BCUT2D eigenvalue weighted by Crippen LogP contribution is -1.96. The molecular formula is C16H11N7S. The Morgan fingerprint density at radius 3 is 2.79 bits per heavy atom. The van der Waals surface area contributed by atoms with Gasteiger partial charge < -0.3 is 0 Å². The molecule has 0 aromatic carbocycles. The summed E-state index contributed by atoms with van der Waals surface area (Å²) in [5, 5.41) is 14.2. The molecule has 0 bridgehead atoms. The van der Waals surface area contributed by atoms with Crippen molar-refractivity contribution in [1.82, 2.24) is 34.2 Å². The van der Waals surface area contributed by atoms with Crippen LogP contribution in [0.1, 0.15) is 5.69 Å². The van der Waals surface area contributed by atoms with Gasteiger partial charge in [0.1, 0.15) is 16.3 Å². The second-order valence-corrected chi connectivity index (χ2v) is 6.29. The Bertz CT molecular complexity index is 1170. The van der Waals surface area contributed by atoms with E-state index < -0.39 is 0 Å². The number of fused-ring (bicyclic) bond motifs is 2. The zero-order chi connectivity index (χ0) is 16.1. The van der Waals surface area contributed by atoms with E-state index in [0.29, 0.717) is 5.82 Å². The van der Waals surface area contributed by atoms with Crippen LogP contribution in [0.15, 0.2) is 48.9 Å². The van der Waals surface area contributed by atoms with Gasteiger partial charge in [-0.2, -0.15) is 9.61 Å². The Labute approximate surface area is 140 Å². The Balaban J connectivity index is 1.75. The van der Waals surface area contributed by atoms with E-state index >= 15 is 0 Å². The van der Waals surface area contributed by atoms with Crippen LogP contribution in [0.3, 0.4) is 0 Å². The van der Waals surface area contributed by atoms with Crippen molar-refractivity contribution in [2.45, 2.75) is 6.92 Å². The van der Waals surface area contributed by atoms with Crippen molar-refractivity contribution >= 4 is 21.9 Å². The fraction of sp³-hybridized carbons (Fsp3) is 0.0625. The van der Waals surface area contributed by atoms with Gasteiger partial charge in [-0.25, -0.2) is 4.98 Å². The lowest BCUT2D eigenvalue weighted by Gasteiger charge is -1.99. The summed E-state index contributed by atoms with van der Waals surface area (Å²) in [7, 11) is 0. The van der Waals surface area contributed by atoms with Crippen molar-refractivity contribution in [3.8, 4) is 22.1 Å². The summed E-state index contributed by atoms with van der Waals surface area (Å²) in [6.07, 6.45) is 5.49. The molecule has 0 saturated carbocycles. The van der Waals surface area contributed by atoms with Crippen molar-refractivity contribution < 1.29 is 0 Å². The standard InChI is InChI=1S/C16H11N7S/c1-10-13(22-9-3-2-4-12(22)18-10)14-19-20-16-23(14)21-15(24-16)11-5-7-17-8-6-11/h2-9H,1H3. The minimum atomic E-state index is 0.692. The monoisotopic (exact) mass is 333 g/mol. The number of rotatable bonds is 2. The Morgan fingerprint density at radius 2 is 1.92 bits per heavy atom. The van der Waals surface area contributed by atoms with E-state index in [4.69, 9.17) is 0 Å². The molecule has 116 valence electrons. The van der Waals surface area contributed by atoms with Crippen LogP contribution in [0.25, 0.3) is 32.7 Å². The number of imidazole rings is 1. The summed E-state index contributed by atoms with van der Waals surface area (Å²) in [4.78, 5) is 9.39. The molecule has 0 aliphatic carbocycles. The lowest BCUT2D eigenvalue weighted by molar-refractivity contribution is 0.954. The highest BCUT2D eigenvalue weighted by Crippen LogP contribution is 2.29. The molecule has 5 aromatic rings. The molecule has 24 heavy (non-hydrogen) atoms. The van der Waals surface area contributed by atoms with Crippen molar-refractivity contribution in [2.24, 2.45) is 0 Å². The van der Waals surface area contributed by atoms with Crippen LogP contribution in [-0.2, 0) is 0 Å². The first kappa shape index (κ1) is 13.3. The van der Waals surface area contributed by atoms with Gasteiger partial charge in [-0.05, 0) is 31.2 Å². The van der Waals surface area contributed by atoms with Crippen molar-refractivity contribution in [2.75, 3.05) is 0 Å². The first-order chi connectivity index (χ1) is 11.8. The minimum absolute atomic E-state index is 0.692. The van der Waals surface area contributed by atoms with E-state index in [0.717, 1.165) is 32.6 Å². The van der Waals surface area contributed by atoms with Gasteiger partial charge in [0.05, 0.1) is 5.69 Å². The van der Waals surface area contributed by atoms with Crippen LogP contribution in [0.5, 0.6) is 0 Å². The summed E-state index contributed by atoms with van der Waals surface area (Å²) in [5.41, 5.74) is 3.70. The zero-order valence-electron chi connectivity index (χ0n) is 12.7. The van der Waals surface area contributed by atoms with Gasteiger partial charge in [0.15, 0.2) is 0 Å². The maximum Gasteiger partial charge on any atom is 0.235 e. The SMILES string of the molecule is Cc1nc2ccccn2c1-c1nnc2sc(-c3ccncc3)nn12. The van der Waals surface area contributed by atoms with Crippen molar-refractivity contribution in [3.05, 3.63) is 54.6 Å². The highest BCUT2D eigenvalue weighted by molar-refractivity contribution is 7.19. The van der Waals surface area contributed by atoms with E-state index in [-0.39, 0.29) is 0 Å². The van der Waals surface area contributed by atoms with Gasteiger partial charge in [0, 0.05) is 24.2 Å². The fourth-order valence-electron chi connectivity index (χ4n) is 2.76. The maximum absolute atomic E-state index is 4.69. The first-order valence-electron chi connectivity index (χ1n) is 7.38. The predicted molar refractivity (Wildman–Crippen MR) is 90.8 cm³/mol. The molecule has 0 amide bonds. The van der Waals surface area contributed by atoms with E-state index in [1.807, 2.05) is 47.9 Å². The summed E-state index contributed by atoms with van der Waals surface area (Å²) in [5.74, 6) is 0.692. The van der Waals surface area contributed by atoms with Gasteiger partial charge in [-0.15, -0.1) is 10.2 Å². The number of aromatic nitrogens is 7. The third-order valence-electron chi connectivity index (χ3n) is 3.83. The largest absolute Gasteiger partial charge is 0.297 e. The third kappa shape index (κ3) is 1.86. The molecular weight excluding hydrogens is 322 g/mol. The first-order valence-corrected chi connectivity index (χ1v) is 8.19. The van der Waals surface area contributed by atoms with Crippen LogP contribution in [-0.4, -0.2) is 34.2 Å². The minimum Gasteiger partial charge on any atom is -0.297 e. The third-order valence-corrected chi connectivity index (χ3v) is 4.78. The molecule has 5 heterocycles. The molecule has 5 aromatic heterocycles. The molecule has 0 fully saturated rings. The summed E-state index contributed by atoms with van der Waals surface area (Å²) >= 11 is 1.50. The lowest BCUT2D eigenvalue weighted by atomic mass is 10.3. The second kappa shape index (κ2) is 4.93. The van der Waals surface area contributed by atoms with Crippen LogP contribution in [0.2, 0.25) is 0 Å². The Kier molecular flexibility index (Phi) is 2.74. The van der Waals surface area contributed by atoms with Gasteiger partial charge in [0.25, 0.3) is 0 Å². The van der Waals surface area contributed by atoms with Crippen molar-refractivity contribution in [3.63, 3.8) is 0 Å². The Morgan fingerprint density at radius 1 is 1.04 bits per heavy atom. The van der Waals surface area contributed by atoms with Crippen LogP contribution >= 0.6 is 11.3 Å². The maximum atomic E-state index is 4.69. The van der Waals surface area contributed by atoms with E-state index in [9.17, 15) is 0 Å². The highest BCUT2D eigenvalue weighted by atomic mass is 32.1. The number of aryl methyl sites for hydroxylation is 1. The summed E-state index contributed by atoms with van der Waals surface area (Å²) < 4.78 is 3.79. The van der Waals surface area contributed by atoms with Crippen LogP contribution < -0.4 is 0 Å². The molecule has 7 nitrogen and oxygen atoms in total. The molecule has 0 unspecified atom stereocenters. The predicted octanol–water partition coefficient (Wildman–Crippen LogP) is 2.87. The van der Waals surface area contributed by atoms with Crippen molar-refractivity contribution in [1.29, 1.82) is 0 Å². The number of hydrogen-bond acceptors (Lipinski definition) is 6. The smallest absolute Gasteiger partial charge is 0.235 e. The molecule has 5 rings (SSSR count). The van der Waals surface area contributed by atoms with Gasteiger partial charge in [-0.3, -0.25) is 9.38 Å². The normalized spacial score (nSPS) is 11.5. The molecule has 0 radical (unpaired) electrons. The molecule has 8 heteroatoms. The van der Waals surface area contributed by atoms with E-state index in [2.05, 4.69) is 25.3 Å². The van der Waals surface area contributed by atoms with E-state index in [1.165, 1.54) is 11.3 Å². The summed E-state index contributed by atoms with van der Waals surface area (Å²) in [6.45, 7) is 1.97. The quantitative estimate of drug-likeness (QED) is 0.497. The van der Waals surface area contributed by atoms with Gasteiger partial charge in [0.2, 0.25) is 10.8 Å². The Hall–Kier alpha value is -3.13. The molecule has 0 aliphatic rings. The average Bonchev–Trinajstić information content (AvgIpc) is 3.27. The van der Waals surface area contributed by atoms with Crippen LogP contribution in [0, 0.1) is 6.92 Å². The fourth-order valence-corrected chi connectivity index (χ4v) is 3.60. The molecule has 0 N–H and O–H groups in total. The van der Waals surface area contributed by atoms with E-state index in [1.54, 1.807) is 16.9 Å². The summed E-state index contributed by atoms with van der Waals surface area (Å²) in [6, 6.07) is 9.78. The number of pyridine rings is 2. The van der Waals surface area contributed by atoms with Gasteiger partial charge >= 0.3 is 0 Å². The molecule has 0 aliphatic heterocycles. The number of nitrogens with zero attached hydrogens (tertiary/aromatic N) is 7. The van der Waals surface area contributed by atoms with Crippen LogP contribution in [0.4, 0.5) is 0 Å². The average molecular weight is 333 g/mol. The molecule has 0 atom stereocenters. The van der Waals surface area contributed by atoms with Gasteiger partial charge in [-0.1, -0.05) is 17.4 Å². The number of hydrogen-bond donors (Lipinski definition) is 0.